The summed E-state index contributed by atoms with van der Waals surface area (Å²) in [4.78, 5) is 0. The minimum absolute atomic E-state index is 0.0110. The highest BCUT2D eigenvalue weighted by molar-refractivity contribution is 9.11. The summed E-state index contributed by atoms with van der Waals surface area (Å²) in [5.41, 5.74) is 12.5. The number of hydrogen-bond donors (Lipinski definition) is 2. The Kier molecular flexibility index (Phi) is 4.38. The smallest absolute Gasteiger partial charge is 0.0318 e. The van der Waals surface area contributed by atoms with E-state index in [0.717, 1.165) is 20.9 Å². The molecule has 1 aromatic rings. The van der Waals surface area contributed by atoms with E-state index in [1.165, 1.54) is 0 Å². The molecule has 0 bridgehead atoms. The third kappa shape index (κ3) is 3.06. The van der Waals surface area contributed by atoms with Gasteiger partial charge in [-0.2, -0.15) is 0 Å². The van der Waals surface area contributed by atoms with E-state index in [4.69, 9.17) is 11.5 Å². The topological polar surface area (TPSA) is 52.0 Å². The average Bonchev–Trinajstić information content (AvgIpc) is 2.09. The Morgan fingerprint density at radius 2 is 2.00 bits per heavy atom. The molecule has 2 nitrogen and oxygen atoms in total. The van der Waals surface area contributed by atoms with Gasteiger partial charge in [0.1, 0.15) is 0 Å². The Labute approximate surface area is 94.9 Å². The van der Waals surface area contributed by atoms with Crippen molar-refractivity contribution < 1.29 is 0 Å². The van der Waals surface area contributed by atoms with Crippen molar-refractivity contribution in [3.05, 3.63) is 32.7 Å². The molecule has 0 spiro atoms. The number of hydrogen-bond acceptors (Lipinski definition) is 2. The standard InChI is InChI=1S/C9H12Br2N2/c10-6-1-2-8(11)7(5-6)9(13)3-4-12/h1-2,5,9H,3-4,12-13H2/t9-/m1/s1. The van der Waals surface area contributed by atoms with Gasteiger partial charge in [0.25, 0.3) is 0 Å². The highest BCUT2D eigenvalue weighted by atomic mass is 79.9. The second kappa shape index (κ2) is 5.10. The van der Waals surface area contributed by atoms with Crippen LogP contribution in [0.15, 0.2) is 27.1 Å². The Morgan fingerprint density at radius 3 is 2.62 bits per heavy atom. The van der Waals surface area contributed by atoms with Crippen LogP contribution in [0.1, 0.15) is 18.0 Å². The van der Waals surface area contributed by atoms with Crippen molar-refractivity contribution in [1.82, 2.24) is 0 Å². The lowest BCUT2D eigenvalue weighted by Gasteiger charge is -2.12. The van der Waals surface area contributed by atoms with Gasteiger partial charge < -0.3 is 11.5 Å². The second-order valence-electron chi connectivity index (χ2n) is 2.85. The monoisotopic (exact) mass is 306 g/mol. The molecule has 1 atom stereocenters. The van der Waals surface area contributed by atoms with Crippen LogP contribution in [0.2, 0.25) is 0 Å². The summed E-state index contributed by atoms with van der Waals surface area (Å²) in [5, 5.41) is 0. The Balaban J connectivity index is 2.91. The van der Waals surface area contributed by atoms with Crippen molar-refractivity contribution in [3.63, 3.8) is 0 Å². The van der Waals surface area contributed by atoms with Crippen LogP contribution < -0.4 is 11.5 Å². The van der Waals surface area contributed by atoms with Crippen LogP contribution in [0.3, 0.4) is 0 Å². The molecular formula is C9H12Br2N2. The fraction of sp³-hybridized carbons (Fsp3) is 0.333. The minimum Gasteiger partial charge on any atom is -0.330 e. The van der Waals surface area contributed by atoms with Gasteiger partial charge in [0.05, 0.1) is 0 Å². The number of nitrogens with two attached hydrogens (primary N) is 2. The molecule has 0 aliphatic heterocycles. The number of benzene rings is 1. The maximum absolute atomic E-state index is 5.94. The van der Waals surface area contributed by atoms with E-state index >= 15 is 0 Å². The highest BCUT2D eigenvalue weighted by Crippen LogP contribution is 2.26. The van der Waals surface area contributed by atoms with E-state index in [2.05, 4.69) is 31.9 Å². The van der Waals surface area contributed by atoms with Gasteiger partial charge in [0, 0.05) is 15.0 Å². The predicted octanol–water partition coefficient (Wildman–Crippen LogP) is 2.56. The molecule has 0 amide bonds. The first-order chi connectivity index (χ1) is 6.15. The summed E-state index contributed by atoms with van der Waals surface area (Å²) in [6.45, 7) is 0.611. The molecule has 0 radical (unpaired) electrons. The molecule has 0 saturated carbocycles. The molecule has 4 heteroatoms. The van der Waals surface area contributed by atoms with E-state index in [-0.39, 0.29) is 6.04 Å². The Hall–Kier alpha value is 0.1000. The molecule has 13 heavy (non-hydrogen) atoms. The lowest BCUT2D eigenvalue weighted by atomic mass is 10.1. The van der Waals surface area contributed by atoms with Crippen LogP contribution in [0.4, 0.5) is 0 Å². The number of rotatable bonds is 3. The maximum atomic E-state index is 5.94. The van der Waals surface area contributed by atoms with Gasteiger partial charge in [-0.1, -0.05) is 31.9 Å². The first-order valence-electron chi connectivity index (χ1n) is 4.05. The van der Waals surface area contributed by atoms with Gasteiger partial charge in [-0.05, 0) is 36.7 Å². The van der Waals surface area contributed by atoms with Crippen LogP contribution in [0.5, 0.6) is 0 Å². The molecule has 0 aromatic heterocycles. The van der Waals surface area contributed by atoms with Crippen LogP contribution in [-0.2, 0) is 0 Å². The summed E-state index contributed by atoms with van der Waals surface area (Å²) in [7, 11) is 0. The van der Waals surface area contributed by atoms with Gasteiger partial charge in [-0.3, -0.25) is 0 Å². The Bertz CT molecular complexity index is 289. The lowest BCUT2D eigenvalue weighted by Crippen LogP contribution is -2.15. The van der Waals surface area contributed by atoms with Gasteiger partial charge in [-0.25, -0.2) is 0 Å². The quantitative estimate of drug-likeness (QED) is 0.901. The van der Waals surface area contributed by atoms with E-state index in [0.29, 0.717) is 6.54 Å². The third-order valence-electron chi connectivity index (χ3n) is 1.84. The largest absolute Gasteiger partial charge is 0.330 e. The van der Waals surface area contributed by atoms with E-state index < -0.39 is 0 Å². The molecule has 0 aliphatic carbocycles. The molecule has 0 saturated heterocycles. The van der Waals surface area contributed by atoms with Crippen LogP contribution in [0, 0.1) is 0 Å². The first kappa shape index (κ1) is 11.2. The molecule has 4 N–H and O–H groups in total. The summed E-state index contributed by atoms with van der Waals surface area (Å²) < 4.78 is 2.08. The van der Waals surface area contributed by atoms with Gasteiger partial charge in [0.2, 0.25) is 0 Å². The third-order valence-corrected chi connectivity index (χ3v) is 3.05. The van der Waals surface area contributed by atoms with Crippen molar-refractivity contribution in [2.24, 2.45) is 11.5 Å². The van der Waals surface area contributed by atoms with E-state index in [1.54, 1.807) is 0 Å². The van der Waals surface area contributed by atoms with E-state index in [1.807, 2.05) is 18.2 Å². The molecule has 1 rings (SSSR count). The predicted molar refractivity (Wildman–Crippen MR) is 62.4 cm³/mol. The summed E-state index contributed by atoms with van der Waals surface area (Å²) in [6.07, 6.45) is 0.801. The zero-order valence-electron chi connectivity index (χ0n) is 7.13. The molecule has 0 unspecified atom stereocenters. The SMILES string of the molecule is NCC[C@@H](N)c1cc(Br)ccc1Br. The molecular weight excluding hydrogens is 296 g/mol. The van der Waals surface area contributed by atoms with Crippen LogP contribution >= 0.6 is 31.9 Å². The van der Waals surface area contributed by atoms with Crippen molar-refractivity contribution >= 4 is 31.9 Å². The van der Waals surface area contributed by atoms with E-state index in [9.17, 15) is 0 Å². The normalized spacial score (nSPS) is 12.9. The molecule has 1 aromatic carbocycles. The Morgan fingerprint density at radius 1 is 1.31 bits per heavy atom. The summed E-state index contributed by atoms with van der Waals surface area (Å²) >= 11 is 6.87. The maximum Gasteiger partial charge on any atom is 0.0318 e. The van der Waals surface area contributed by atoms with Crippen molar-refractivity contribution in [1.29, 1.82) is 0 Å². The average molecular weight is 308 g/mol. The van der Waals surface area contributed by atoms with Gasteiger partial charge in [-0.15, -0.1) is 0 Å². The van der Waals surface area contributed by atoms with Gasteiger partial charge in [0.15, 0.2) is 0 Å². The zero-order chi connectivity index (χ0) is 9.84. The lowest BCUT2D eigenvalue weighted by molar-refractivity contribution is 0.658. The molecule has 0 aliphatic rings. The summed E-state index contributed by atoms with van der Waals surface area (Å²) in [6, 6.07) is 5.99. The van der Waals surface area contributed by atoms with Crippen molar-refractivity contribution in [3.8, 4) is 0 Å². The van der Waals surface area contributed by atoms with Crippen molar-refractivity contribution in [2.75, 3.05) is 6.54 Å². The fourth-order valence-electron chi connectivity index (χ4n) is 1.13. The number of halogens is 2. The molecule has 0 heterocycles. The van der Waals surface area contributed by atoms with Gasteiger partial charge >= 0.3 is 0 Å². The molecule has 72 valence electrons. The summed E-state index contributed by atoms with van der Waals surface area (Å²) in [5.74, 6) is 0. The fourth-order valence-corrected chi connectivity index (χ4v) is 2.05. The zero-order valence-corrected chi connectivity index (χ0v) is 10.3. The van der Waals surface area contributed by atoms with Crippen LogP contribution in [-0.4, -0.2) is 6.54 Å². The minimum atomic E-state index is 0.0110. The highest BCUT2D eigenvalue weighted by Gasteiger charge is 2.08. The van der Waals surface area contributed by atoms with Crippen molar-refractivity contribution in [2.45, 2.75) is 12.5 Å². The molecule has 0 fully saturated rings. The second-order valence-corrected chi connectivity index (χ2v) is 4.62. The first-order valence-corrected chi connectivity index (χ1v) is 5.64. The van der Waals surface area contributed by atoms with Crippen LogP contribution in [0.25, 0.3) is 0 Å².